The van der Waals surface area contributed by atoms with Gasteiger partial charge in [0.05, 0.1) is 7.11 Å². The fraction of sp³-hybridized carbons (Fsp3) is 0.400. The molecule has 27 heavy (non-hydrogen) atoms. The molecule has 1 N–H and O–H groups in total. The van der Waals surface area contributed by atoms with Gasteiger partial charge in [0.15, 0.2) is 17.6 Å². The van der Waals surface area contributed by atoms with Crippen LogP contribution in [0.3, 0.4) is 0 Å². The highest BCUT2D eigenvalue weighted by molar-refractivity contribution is 5.72. The van der Waals surface area contributed by atoms with E-state index in [1.54, 1.807) is 13.2 Å². The molecule has 2 aromatic rings. The number of carboxylic acids is 1. The molecule has 0 spiro atoms. The fourth-order valence-corrected chi connectivity index (χ4v) is 3.13. The first-order chi connectivity index (χ1) is 13.1. The third-order valence-electron chi connectivity index (χ3n) is 4.69. The molecule has 0 bridgehead atoms. The highest BCUT2D eigenvalue weighted by Gasteiger charge is 2.19. The monoisotopic (exact) mass is 371 g/mol. The fourth-order valence-electron chi connectivity index (χ4n) is 3.13. The van der Waals surface area contributed by atoms with Crippen molar-refractivity contribution in [2.24, 2.45) is 0 Å². The summed E-state index contributed by atoms with van der Waals surface area (Å²) in [6.45, 7) is 6.20. The first-order valence-corrected chi connectivity index (χ1v) is 9.00. The zero-order valence-corrected chi connectivity index (χ0v) is 15.7. The van der Waals surface area contributed by atoms with Crippen LogP contribution < -0.4 is 14.4 Å². The quantitative estimate of drug-likeness (QED) is 0.800. The average Bonchev–Trinajstić information content (AvgIpc) is 2.70. The Hall–Kier alpha value is -2.80. The number of anilines is 1. The van der Waals surface area contributed by atoms with Gasteiger partial charge in [0.25, 0.3) is 0 Å². The van der Waals surface area contributed by atoms with Gasteiger partial charge in [-0.3, -0.25) is 9.88 Å². The normalized spacial score (nSPS) is 16.0. The van der Waals surface area contributed by atoms with Crippen molar-refractivity contribution in [1.29, 1.82) is 0 Å². The van der Waals surface area contributed by atoms with E-state index in [-0.39, 0.29) is 0 Å². The van der Waals surface area contributed by atoms with E-state index >= 15 is 0 Å². The second kappa shape index (κ2) is 8.73. The number of ether oxygens (including phenoxy) is 2. The summed E-state index contributed by atoms with van der Waals surface area (Å²) in [7, 11) is 1.56. The minimum atomic E-state index is -1.01. The van der Waals surface area contributed by atoms with Gasteiger partial charge in [-0.05, 0) is 36.8 Å². The van der Waals surface area contributed by atoms with E-state index in [0.29, 0.717) is 11.5 Å². The van der Waals surface area contributed by atoms with E-state index in [0.717, 1.165) is 38.3 Å². The van der Waals surface area contributed by atoms with Crippen molar-refractivity contribution < 1.29 is 19.4 Å². The summed E-state index contributed by atoms with van der Waals surface area (Å²) >= 11 is 0. The number of rotatable bonds is 7. The Bertz CT molecular complexity index is 761. The Morgan fingerprint density at radius 2 is 1.85 bits per heavy atom. The lowest BCUT2D eigenvalue weighted by molar-refractivity contribution is -0.144. The van der Waals surface area contributed by atoms with Crippen LogP contribution in [0.5, 0.6) is 11.5 Å². The number of carboxylic acid groups (broad SMARTS) is 1. The molecule has 1 aliphatic heterocycles. The molecule has 0 amide bonds. The number of carbonyl (C=O) groups is 1. The lowest BCUT2D eigenvalue weighted by atomic mass is 10.1. The third-order valence-corrected chi connectivity index (χ3v) is 4.69. The third kappa shape index (κ3) is 4.89. The number of methoxy groups -OCH3 is 1. The molecule has 1 aromatic carbocycles. The number of pyridine rings is 1. The van der Waals surface area contributed by atoms with Crippen molar-refractivity contribution in [2.45, 2.75) is 19.6 Å². The molecule has 7 heteroatoms. The van der Waals surface area contributed by atoms with E-state index in [2.05, 4.69) is 14.8 Å². The van der Waals surface area contributed by atoms with Crippen molar-refractivity contribution >= 4 is 11.7 Å². The van der Waals surface area contributed by atoms with Crippen LogP contribution in [0.4, 0.5) is 5.69 Å². The number of hydrogen-bond donors (Lipinski definition) is 1. The zero-order chi connectivity index (χ0) is 19.2. The number of aliphatic carboxylic acids is 1. The average molecular weight is 371 g/mol. The van der Waals surface area contributed by atoms with Crippen LogP contribution in [0.15, 0.2) is 42.7 Å². The summed E-state index contributed by atoms with van der Waals surface area (Å²) in [5.41, 5.74) is 2.32. The molecule has 3 rings (SSSR count). The maximum absolute atomic E-state index is 11.0. The van der Waals surface area contributed by atoms with E-state index in [1.165, 1.54) is 12.6 Å². The van der Waals surface area contributed by atoms with Crippen LogP contribution in [0, 0.1) is 0 Å². The topological polar surface area (TPSA) is 75.1 Å². The standard InChI is InChI=1S/C20H25N3O4/c1-15(20(24)25)27-18-4-3-16(13-19(18)26-2)14-22-9-11-23(12-10-22)17-5-7-21-8-6-17/h3-8,13,15H,9-12,14H2,1-2H3,(H,24,25)/t15-/m1/s1. The van der Waals surface area contributed by atoms with Gasteiger partial charge in [-0.1, -0.05) is 6.07 Å². The minimum absolute atomic E-state index is 0.443. The SMILES string of the molecule is COc1cc(CN2CCN(c3ccncc3)CC2)ccc1O[C@H](C)C(=O)O. The molecule has 1 aromatic heterocycles. The zero-order valence-electron chi connectivity index (χ0n) is 15.7. The molecule has 2 heterocycles. The Morgan fingerprint density at radius 3 is 2.48 bits per heavy atom. The smallest absolute Gasteiger partial charge is 0.344 e. The van der Waals surface area contributed by atoms with Gasteiger partial charge in [-0.25, -0.2) is 4.79 Å². The lowest BCUT2D eigenvalue weighted by Gasteiger charge is -2.36. The van der Waals surface area contributed by atoms with Gasteiger partial charge in [0, 0.05) is 50.8 Å². The van der Waals surface area contributed by atoms with Crippen LogP contribution in [0.25, 0.3) is 0 Å². The van der Waals surface area contributed by atoms with Crippen molar-refractivity contribution in [2.75, 3.05) is 38.2 Å². The molecule has 0 radical (unpaired) electrons. The Labute approximate surface area is 159 Å². The van der Waals surface area contributed by atoms with Crippen molar-refractivity contribution in [1.82, 2.24) is 9.88 Å². The van der Waals surface area contributed by atoms with Crippen LogP contribution in [-0.4, -0.2) is 60.4 Å². The predicted octanol–water partition coefficient (Wildman–Crippen LogP) is 2.26. The van der Waals surface area contributed by atoms with Crippen molar-refractivity contribution in [3.05, 3.63) is 48.3 Å². The number of piperazine rings is 1. The maximum Gasteiger partial charge on any atom is 0.344 e. The van der Waals surface area contributed by atoms with Gasteiger partial charge in [-0.2, -0.15) is 0 Å². The molecule has 1 fully saturated rings. The number of nitrogens with zero attached hydrogens (tertiary/aromatic N) is 3. The van der Waals surface area contributed by atoms with Crippen LogP contribution in [0.2, 0.25) is 0 Å². The van der Waals surface area contributed by atoms with Crippen LogP contribution in [0.1, 0.15) is 12.5 Å². The Balaban J connectivity index is 1.59. The molecule has 0 aliphatic carbocycles. The first kappa shape index (κ1) is 19.0. The number of aromatic nitrogens is 1. The van der Waals surface area contributed by atoms with Gasteiger partial charge in [0.1, 0.15) is 0 Å². The van der Waals surface area contributed by atoms with Crippen LogP contribution in [-0.2, 0) is 11.3 Å². The predicted molar refractivity (Wildman–Crippen MR) is 102 cm³/mol. The summed E-state index contributed by atoms with van der Waals surface area (Å²) in [4.78, 5) is 19.8. The maximum atomic E-state index is 11.0. The second-order valence-corrected chi connectivity index (χ2v) is 6.55. The summed E-state index contributed by atoms with van der Waals surface area (Å²) in [5.74, 6) is -0.0112. The highest BCUT2D eigenvalue weighted by atomic mass is 16.5. The molecule has 7 nitrogen and oxygen atoms in total. The summed E-state index contributed by atoms with van der Waals surface area (Å²) in [6.07, 6.45) is 2.72. The molecule has 1 atom stereocenters. The molecule has 1 saturated heterocycles. The van der Waals surface area contributed by atoms with E-state index in [9.17, 15) is 4.79 Å². The summed E-state index contributed by atoms with van der Waals surface area (Å²) < 4.78 is 10.8. The molecule has 0 unspecified atom stereocenters. The van der Waals surface area contributed by atoms with E-state index in [4.69, 9.17) is 14.6 Å². The van der Waals surface area contributed by atoms with E-state index < -0.39 is 12.1 Å². The van der Waals surface area contributed by atoms with Crippen molar-refractivity contribution in [3.63, 3.8) is 0 Å². The molecular formula is C20H25N3O4. The summed E-state index contributed by atoms with van der Waals surface area (Å²) in [5, 5.41) is 9.00. The van der Waals surface area contributed by atoms with Gasteiger partial charge < -0.3 is 19.5 Å². The highest BCUT2D eigenvalue weighted by Crippen LogP contribution is 2.29. The molecular weight excluding hydrogens is 346 g/mol. The lowest BCUT2D eigenvalue weighted by Crippen LogP contribution is -2.45. The number of benzene rings is 1. The second-order valence-electron chi connectivity index (χ2n) is 6.55. The molecule has 144 valence electrons. The minimum Gasteiger partial charge on any atom is -0.493 e. The largest absolute Gasteiger partial charge is 0.493 e. The van der Waals surface area contributed by atoms with E-state index in [1.807, 2.05) is 36.7 Å². The van der Waals surface area contributed by atoms with Gasteiger partial charge >= 0.3 is 5.97 Å². The summed E-state index contributed by atoms with van der Waals surface area (Å²) in [6, 6.07) is 9.73. The molecule has 1 aliphatic rings. The number of hydrogen-bond acceptors (Lipinski definition) is 6. The Morgan fingerprint density at radius 1 is 1.15 bits per heavy atom. The van der Waals surface area contributed by atoms with Gasteiger partial charge in [0.2, 0.25) is 0 Å². The van der Waals surface area contributed by atoms with Gasteiger partial charge in [-0.15, -0.1) is 0 Å². The first-order valence-electron chi connectivity index (χ1n) is 9.00. The van der Waals surface area contributed by atoms with Crippen molar-refractivity contribution in [3.8, 4) is 11.5 Å². The van der Waals surface area contributed by atoms with Crippen LogP contribution >= 0.6 is 0 Å². The molecule has 0 saturated carbocycles. The Kier molecular flexibility index (Phi) is 6.13.